The zero-order valence-corrected chi connectivity index (χ0v) is 12.3. The van der Waals surface area contributed by atoms with Crippen LogP contribution < -0.4 is 5.32 Å². The molecule has 1 saturated heterocycles. The van der Waals surface area contributed by atoms with E-state index in [9.17, 15) is 4.79 Å². The van der Waals surface area contributed by atoms with E-state index in [1.54, 1.807) is 17.5 Å². The minimum Gasteiger partial charge on any atom is -0.302 e. The molecule has 0 aliphatic carbocycles. The maximum absolute atomic E-state index is 11.9. The first-order valence-electron chi connectivity index (χ1n) is 5.73. The Hall–Kier alpha value is -1.02. The highest BCUT2D eigenvalue weighted by molar-refractivity contribution is 7.13. The fourth-order valence-corrected chi connectivity index (χ4v) is 3.42. The van der Waals surface area contributed by atoms with Crippen molar-refractivity contribution >= 4 is 45.3 Å². The van der Waals surface area contributed by atoms with E-state index in [0.717, 1.165) is 24.6 Å². The van der Waals surface area contributed by atoms with Crippen LogP contribution in [-0.2, 0) is 11.3 Å². The maximum atomic E-state index is 11.9. The number of halogens is 1. The van der Waals surface area contributed by atoms with Gasteiger partial charge in [0.1, 0.15) is 10.2 Å². The van der Waals surface area contributed by atoms with E-state index in [1.165, 1.54) is 11.3 Å². The highest BCUT2D eigenvalue weighted by Crippen LogP contribution is 2.23. The maximum Gasteiger partial charge on any atom is 0.231 e. The summed E-state index contributed by atoms with van der Waals surface area (Å²) in [5, 5.41) is 8.68. The molecule has 19 heavy (non-hydrogen) atoms. The van der Waals surface area contributed by atoms with Crippen LogP contribution in [0.4, 0.5) is 5.13 Å². The predicted molar refractivity (Wildman–Crippen MR) is 76.6 cm³/mol. The summed E-state index contributed by atoms with van der Waals surface area (Å²) < 4.78 is 0. The van der Waals surface area contributed by atoms with Crippen LogP contribution in [0.1, 0.15) is 5.01 Å². The summed E-state index contributed by atoms with van der Waals surface area (Å²) in [6.45, 7) is 2.28. The number of aromatic nitrogens is 2. The monoisotopic (exact) mass is 314 g/mol. The minimum atomic E-state index is 0.0411. The van der Waals surface area contributed by atoms with Gasteiger partial charge in [-0.25, -0.2) is 9.97 Å². The number of rotatable bonds is 4. The molecular formula is C11H11ClN4OS2. The number of nitrogens with one attached hydrogen (secondary N) is 1. The lowest BCUT2D eigenvalue weighted by Gasteiger charge is -2.37. The van der Waals surface area contributed by atoms with Gasteiger partial charge in [0.05, 0.1) is 12.5 Å². The first-order valence-corrected chi connectivity index (χ1v) is 7.87. The number of thiazole rings is 2. The van der Waals surface area contributed by atoms with Crippen LogP contribution in [0.5, 0.6) is 0 Å². The Morgan fingerprint density at radius 2 is 2.37 bits per heavy atom. The minimum absolute atomic E-state index is 0.0411. The summed E-state index contributed by atoms with van der Waals surface area (Å²) in [5.41, 5.74) is 0. The summed E-state index contributed by atoms with van der Waals surface area (Å²) in [5.74, 6) is 0.0858. The zero-order chi connectivity index (χ0) is 13.2. The molecule has 1 aliphatic heterocycles. The molecule has 0 unspecified atom stereocenters. The van der Waals surface area contributed by atoms with E-state index in [2.05, 4.69) is 20.2 Å². The van der Waals surface area contributed by atoms with E-state index in [4.69, 9.17) is 11.6 Å². The largest absolute Gasteiger partial charge is 0.302 e. The highest BCUT2D eigenvalue weighted by Gasteiger charge is 2.33. The zero-order valence-electron chi connectivity index (χ0n) is 9.88. The first-order chi connectivity index (χ1) is 9.20. The van der Waals surface area contributed by atoms with Gasteiger partial charge in [0.25, 0.3) is 0 Å². The Kier molecular flexibility index (Phi) is 3.79. The lowest BCUT2D eigenvalue weighted by atomic mass is 9.99. The smallest absolute Gasteiger partial charge is 0.231 e. The molecule has 0 bridgehead atoms. The van der Waals surface area contributed by atoms with Crippen LogP contribution in [0.25, 0.3) is 0 Å². The van der Waals surface area contributed by atoms with Crippen molar-refractivity contribution in [1.82, 2.24) is 14.9 Å². The van der Waals surface area contributed by atoms with Crippen molar-refractivity contribution in [3.05, 3.63) is 27.1 Å². The van der Waals surface area contributed by atoms with Gasteiger partial charge < -0.3 is 5.32 Å². The number of carbonyl (C=O) groups is 1. The van der Waals surface area contributed by atoms with Crippen molar-refractivity contribution in [3.8, 4) is 0 Å². The predicted octanol–water partition coefficient (Wildman–Crippen LogP) is 2.32. The standard InChI is InChI=1S/C11H11ClN4OS2/c12-8-6-19-9(14-8)5-16-3-7(4-16)10(17)15-11-13-1-2-18-11/h1-2,6-7H,3-5H2,(H,13,15,17). The van der Waals surface area contributed by atoms with Gasteiger partial charge >= 0.3 is 0 Å². The van der Waals surface area contributed by atoms with E-state index < -0.39 is 0 Å². The highest BCUT2D eigenvalue weighted by atomic mass is 35.5. The summed E-state index contributed by atoms with van der Waals surface area (Å²) in [4.78, 5) is 22.3. The number of likely N-dealkylation sites (tertiary alicyclic amines) is 1. The molecule has 8 heteroatoms. The molecule has 0 radical (unpaired) electrons. The molecule has 1 amide bonds. The third-order valence-electron chi connectivity index (χ3n) is 2.87. The van der Waals surface area contributed by atoms with Gasteiger partial charge in [-0.3, -0.25) is 9.69 Å². The van der Waals surface area contributed by atoms with Crippen molar-refractivity contribution in [3.63, 3.8) is 0 Å². The van der Waals surface area contributed by atoms with Gasteiger partial charge in [-0.15, -0.1) is 22.7 Å². The molecule has 0 aromatic carbocycles. The summed E-state index contributed by atoms with van der Waals surface area (Å²) in [6.07, 6.45) is 1.68. The number of anilines is 1. The average molecular weight is 315 g/mol. The fraction of sp³-hybridized carbons (Fsp3) is 0.364. The van der Waals surface area contributed by atoms with Crippen LogP contribution in [0.3, 0.4) is 0 Å². The number of nitrogens with zero attached hydrogens (tertiary/aromatic N) is 3. The summed E-state index contributed by atoms with van der Waals surface area (Å²) in [7, 11) is 0. The summed E-state index contributed by atoms with van der Waals surface area (Å²) in [6, 6.07) is 0. The van der Waals surface area contributed by atoms with E-state index >= 15 is 0 Å². The van der Waals surface area contributed by atoms with Gasteiger partial charge in [0.15, 0.2) is 5.13 Å². The Morgan fingerprint density at radius 3 is 3.00 bits per heavy atom. The molecular weight excluding hydrogens is 304 g/mol. The van der Waals surface area contributed by atoms with Crippen LogP contribution >= 0.6 is 34.3 Å². The molecule has 1 fully saturated rings. The van der Waals surface area contributed by atoms with Gasteiger partial charge in [0, 0.05) is 30.0 Å². The van der Waals surface area contributed by atoms with Crippen molar-refractivity contribution in [2.45, 2.75) is 6.54 Å². The van der Waals surface area contributed by atoms with Crippen LogP contribution in [0, 0.1) is 5.92 Å². The molecule has 2 aromatic rings. The first kappa shape index (κ1) is 13.0. The molecule has 2 aromatic heterocycles. The lowest BCUT2D eigenvalue weighted by Crippen LogP contribution is -2.51. The number of hydrogen-bond acceptors (Lipinski definition) is 6. The molecule has 5 nitrogen and oxygen atoms in total. The Bertz CT molecular complexity index is 565. The van der Waals surface area contributed by atoms with Crippen LogP contribution in [-0.4, -0.2) is 33.9 Å². The molecule has 1 aliphatic rings. The molecule has 100 valence electrons. The second-order valence-electron chi connectivity index (χ2n) is 4.28. The van der Waals surface area contributed by atoms with Crippen LogP contribution in [0.15, 0.2) is 17.0 Å². The number of hydrogen-bond donors (Lipinski definition) is 1. The van der Waals surface area contributed by atoms with Crippen molar-refractivity contribution in [2.24, 2.45) is 5.92 Å². The topological polar surface area (TPSA) is 58.1 Å². The molecule has 0 spiro atoms. The fourth-order valence-electron chi connectivity index (χ4n) is 1.91. The van der Waals surface area contributed by atoms with Gasteiger partial charge in [-0.2, -0.15) is 0 Å². The van der Waals surface area contributed by atoms with Gasteiger partial charge in [-0.05, 0) is 0 Å². The second-order valence-corrected chi connectivity index (χ2v) is 6.51. The number of carbonyl (C=O) groups excluding carboxylic acids is 1. The van der Waals surface area contributed by atoms with Gasteiger partial charge in [-0.1, -0.05) is 11.6 Å². The van der Waals surface area contributed by atoms with Crippen LogP contribution in [0.2, 0.25) is 5.15 Å². The molecule has 0 atom stereocenters. The molecule has 0 saturated carbocycles. The molecule has 3 rings (SSSR count). The second kappa shape index (κ2) is 5.54. The lowest BCUT2D eigenvalue weighted by molar-refractivity contribution is -0.125. The normalized spacial score (nSPS) is 16.3. The number of amides is 1. The van der Waals surface area contributed by atoms with Crippen molar-refractivity contribution in [2.75, 3.05) is 18.4 Å². The quantitative estimate of drug-likeness (QED) is 0.941. The third kappa shape index (κ3) is 3.11. The third-order valence-corrected chi connectivity index (χ3v) is 4.72. The molecule has 3 heterocycles. The Balaban J connectivity index is 1.46. The van der Waals surface area contributed by atoms with Gasteiger partial charge in [0.2, 0.25) is 5.91 Å². The van der Waals surface area contributed by atoms with Crippen molar-refractivity contribution in [1.29, 1.82) is 0 Å². The van der Waals surface area contributed by atoms with E-state index in [-0.39, 0.29) is 11.8 Å². The van der Waals surface area contributed by atoms with Crippen molar-refractivity contribution < 1.29 is 4.79 Å². The Morgan fingerprint density at radius 1 is 1.53 bits per heavy atom. The van der Waals surface area contributed by atoms with E-state index in [1.807, 2.05) is 10.8 Å². The van der Waals surface area contributed by atoms with E-state index in [0.29, 0.717) is 10.3 Å². The molecule has 1 N–H and O–H groups in total. The Labute approximate surface area is 123 Å². The SMILES string of the molecule is O=C(Nc1nccs1)C1CN(Cc2nc(Cl)cs2)C1. The average Bonchev–Trinajstić information content (AvgIpc) is 2.94. The summed E-state index contributed by atoms with van der Waals surface area (Å²) >= 11 is 8.75.